The van der Waals surface area contributed by atoms with E-state index in [9.17, 15) is 0 Å². The van der Waals surface area contributed by atoms with Crippen molar-refractivity contribution in [1.82, 2.24) is 4.90 Å². The summed E-state index contributed by atoms with van der Waals surface area (Å²) in [6.45, 7) is 8.92. The van der Waals surface area contributed by atoms with Crippen molar-refractivity contribution in [1.29, 1.82) is 0 Å². The summed E-state index contributed by atoms with van der Waals surface area (Å²) in [5.74, 6) is 2.62. The zero-order chi connectivity index (χ0) is 10.6. The number of hydrogen-bond acceptors (Lipinski definition) is 3. The normalized spacial score (nSPS) is 17.4. The molecule has 0 radical (unpaired) electrons. The van der Waals surface area contributed by atoms with Crippen LogP contribution in [0, 0.1) is 0 Å². The van der Waals surface area contributed by atoms with Gasteiger partial charge in [-0.1, -0.05) is 20.3 Å². The third-order valence-corrected chi connectivity index (χ3v) is 2.87. The highest BCUT2D eigenvalue weighted by molar-refractivity contribution is 7.99. The first-order valence-corrected chi connectivity index (χ1v) is 6.79. The van der Waals surface area contributed by atoms with E-state index >= 15 is 0 Å². The smallest absolute Gasteiger partial charge is 0.0474 e. The average molecular weight is 219 g/mol. The summed E-state index contributed by atoms with van der Waals surface area (Å²) in [7, 11) is 1.77. The second-order valence-corrected chi connectivity index (χ2v) is 4.73. The van der Waals surface area contributed by atoms with Crippen LogP contribution >= 0.6 is 11.8 Å². The first-order chi connectivity index (χ1) is 6.85. The van der Waals surface area contributed by atoms with Gasteiger partial charge in [0.1, 0.15) is 0 Å². The van der Waals surface area contributed by atoms with Crippen LogP contribution in [0.15, 0.2) is 0 Å². The molecule has 14 heavy (non-hydrogen) atoms. The van der Waals surface area contributed by atoms with Crippen molar-refractivity contribution in [2.24, 2.45) is 0 Å². The Morgan fingerprint density at radius 3 is 2.29 bits per heavy atom. The molecule has 1 fully saturated rings. The van der Waals surface area contributed by atoms with E-state index < -0.39 is 0 Å². The van der Waals surface area contributed by atoms with Gasteiger partial charge in [0.2, 0.25) is 0 Å². The summed E-state index contributed by atoms with van der Waals surface area (Å²) >= 11 is 2.06. The molecule has 0 saturated carbocycles. The molecule has 1 rings (SSSR count). The van der Waals surface area contributed by atoms with Crippen LogP contribution < -0.4 is 0 Å². The molecule has 0 N–H and O–H groups in total. The van der Waals surface area contributed by atoms with E-state index in [-0.39, 0.29) is 0 Å². The van der Waals surface area contributed by atoms with Gasteiger partial charge in [0.15, 0.2) is 0 Å². The molecule has 1 aliphatic heterocycles. The van der Waals surface area contributed by atoms with Crippen LogP contribution in [0.2, 0.25) is 0 Å². The Hall–Kier alpha value is 0.270. The second kappa shape index (κ2) is 11.3. The van der Waals surface area contributed by atoms with Crippen molar-refractivity contribution >= 4 is 11.8 Å². The molecule has 0 bridgehead atoms. The predicted molar refractivity (Wildman–Crippen MR) is 66.2 cm³/mol. The number of thioether (sulfide) groups is 1. The Morgan fingerprint density at radius 1 is 1.21 bits per heavy atom. The number of hydrogen-bond donors (Lipinski definition) is 0. The lowest BCUT2D eigenvalue weighted by Gasteiger charge is -2.25. The van der Waals surface area contributed by atoms with Crippen LogP contribution in [0.5, 0.6) is 0 Å². The molecular weight excluding hydrogens is 194 g/mol. The maximum Gasteiger partial charge on any atom is 0.0474 e. The van der Waals surface area contributed by atoms with Crippen molar-refractivity contribution in [3.05, 3.63) is 0 Å². The first kappa shape index (κ1) is 14.3. The molecule has 1 saturated heterocycles. The van der Waals surface area contributed by atoms with Gasteiger partial charge in [0, 0.05) is 44.9 Å². The number of ether oxygens (including phenoxy) is 1. The summed E-state index contributed by atoms with van der Waals surface area (Å²) in [4.78, 5) is 2.52. The van der Waals surface area contributed by atoms with E-state index in [0.29, 0.717) is 0 Å². The van der Waals surface area contributed by atoms with Gasteiger partial charge in [-0.05, 0) is 6.42 Å². The molecule has 0 amide bonds. The minimum atomic E-state index is 0.906. The third-order valence-electron chi connectivity index (χ3n) is 1.93. The molecule has 0 aromatic rings. The van der Waals surface area contributed by atoms with Gasteiger partial charge in [-0.15, -0.1) is 0 Å². The summed E-state index contributed by atoms with van der Waals surface area (Å²) in [6, 6.07) is 0. The summed E-state index contributed by atoms with van der Waals surface area (Å²) in [5.41, 5.74) is 0. The Morgan fingerprint density at radius 2 is 1.79 bits per heavy atom. The second-order valence-electron chi connectivity index (χ2n) is 3.51. The summed E-state index contributed by atoms with van der Waals surface area (Å²) in [6.07, 6.45) is 2.43. The van der Waals surface area contributed by atoms with Crippen LogP contribution in [0.4, 0.5) is 0 Å². The molecule has 86 valence electrons. The van der Waals surface area contributed by atoms with Gasteiger partial charge in [-0.2, -0.15) is 11.8 Å². The van der Waals surface area contributed by atoms with Crippen LogP contribution in [0.1, 0.15) is 26.7 Å². The predicted octanol–water partition coefficient (Wildman–Crippen LogP) is 2.49. The minimum Gasteiger partial charge on any atom is -0.385 e. The van der Waals surface area contributed by atoms with Gasteiger partial charge in [0.25, 0.3) is 0 Å². The molecule has 0 atom stereocenters. The molecule has 1 heterocycles. The third kappa shape index (κ3) is 8.85. The van der Waals surface area contributed by atoms with Gasteiger partial charge >= 0.3 is 0 Å². The van der Waals surface area contributed by atoms with Gasteiger partial charge < -0.3 is 9.64 Å². The quantitative estimate of drug-likeness (QED) is 0.674. The van der Waals surface area contributed by atoms with Gasteiger partial charge in [-0.3, -0.25) is 0 Å². The van der Waals surface area contributed by atoms with Crippen LogP contribution in [0.25, 0.3) is 0 Å². The number of rotatable bonds is 4. The van der Waals surface area contributed by atoms with Crippen molar-refractivity contribution in [3.63, 3.8) is 0 Å². The lowest BCUT2D eigenvalue weighted by molar-refractivity contribution is 0.175. The molecular formula is C11H25NOS. The molecule has 2 nitrogen and oxygen atoms in total. The van der Waals surface area contributed by atoms with Gasteiger partial charge in [-0.25, -0.2) is 0 Å². The standard InChI is InChI=1S/C8H17NOS.C3H8/c1-10-6-2-3-9-4-7-11-8-5-9;1-3-2/h2-8H2,1H3;3H2,1-2H3. The number of nitrogens with zero attached hydrogens (tertiary/aromatic N) is 1. The zero-order valence-corrected chi connectivity index (χ0v) is 10.7. The average Bonchev–Trinajstić information content (AvgIpc) is 2.21. The number of methoxy groups -OCH3 is 1. The summed E-state index contributed by atoms with van der Waals surface area (Å²) in [5, 5.41) is 0. The highest BCUT2D eigenvalue weighted by Crippen LogP contribution is 2.08. The first-order valence-electron chi connectivity index (χ1n) is 5.64. The van der Waals surface area contributed by atoms with Crippen molar-refractivity contribution in [2.45, 2.75) is 26.7 Å². The lowest BCUT2D eigenvalue weighted by atomic mass is 10.4. The molecule has 0 unspecified atom stereocenters. The van der Waals surface area contributed by atoms with E-state index in [1.165, 1.54) is 44.0 Å². The maximum absolute atomic E-state index is 5.00. The van der Waals surface area contributed by atoms with E-state index in [0.717, 1.165) is 6.61 Å². The van der Waals surface area contributed by atoms with E-state index in [1.54, 1.807) is 7.11 Å². The largest absolute Gasteiger partial charge is 0.385 e. The van der Waals surface area contributed by atoms with Crippen molar-refractivity contribution in [3.8, 4) is 0 Å². The van der Waals surface area contributed by atoms with Crippen molar-refractivity contribution < 1.29 is 4.74 Å². The Balaban J connectivity index is 0.000000500. The lowest BCUT2D eigenvalue weighted by Crippen LogP contribution is -2.33. The fraction of sp³-hybridized carbons (Fsp3) is 1.00. The summed E-state index contributed by atoms with van der Waals surface area (Å²) < 4.78 is 5.00. The molecule has 0 aromatic carbocycles. The maximum atomic E-state index is 5.00. The molecule has 0 spiro atoms. The monoisotopic (exact) mass is 219 g/mol. The molecule has 0 aromatic heterocycles. The topological polar surface area (TPSA) is 12.5 Å². The van der Waals surface area contributed by atoms with Crippen LogP contribution in [-0.2, 0) is 4.74 Å². The fourth-order valence-electron chi connectivity index (χ4n) is 1.26. The van der Waals surface area contributed by atoms with E-state index in [1.807, 2.05) is 0 Å². The Kier molecular flexibility index (Phi) is 11.6. The SMILES string of the molecule is CCC.COCCCN1CCSCC1. The Labute approximate surface area is 93.4 Å². The highest BCUT2D eigenvalue weighted by atomic mass is 32.2. The van der Waals surface area contributed by atoms with Crippen LogP contribution in [-0.4, -0.2) is 49.8 Å². The minimum absolute atomic E-state index is 0.906. The zero-order valence-electron chi connectivity index (χ0n) is 9.92. The molecule has 0 aliphatic carbocycles. The Bertz CT molecular complexity index is 105. The molecule has 3 heteroatoms. The fourth-order valence-corrected chi connectivity index (χ4v) is 2.24. The molecule has 1 aliphatic rings. The highest BCUT2D eigenvalue weighted by Gasteiger charge is 2.08. The van der Waals surface area contributed by atoms with Gasteiger partial charge in [0.05, 0.1) is 0 Å². The van der Waals surface area contributed by atoms with Crippen molar-refractivity contribution in [2.75, 3.05) is 44.9 Å². The van der Waals surface area contributed by atoms with E-state index in [2.05, 4.69) is 30.5 Å². The van der Waals surface area contributed by atoms with E-state index in [4.69, 9.17) is 4.74 Å². The van der Waals surface area contributed by atoms with Crippen LogP contribution in [0.3, 0.4) is 0 Å².